The molecule has 0 radical (unpaired) electrons. The van der Waals surface area contributed by atoms with Gasteiger partial charge in [0.15, 0.2) is 0 Å². The summed E-state index contributed by atoms with van der Waals surface area (Å²) < 4.78 is 28.8. The number of benzene rings is 3. The van der Waals surface area contributed by atoms with Crippen molar-refractivity contribution in [3.63, 3.8) is 0 Å². The van der Waals surface area contributed by atoms with E-state index in [0.29, 0.717) is 26.2 Å². The molecule has 8 heteroatoms. The summed E-state index contributed by atoms with van der Waals surface area (Å²) in [6, 6.07) is 18.4. The van der Waals surface area contributed by atoms with Crippen LogP contribution < -0.4 is 9.80 Å². The van der Waals surface area contributed by atoms with Gasteiger partial charge in [-0.1, -0.05) is 24.8 Å². The van der Waals surface area contributed by atoms with Gasteiger partial charge in [0, 0.05) is 76.2 Å². The van der Waals surface area contributed by atoms with Crippen molar-refractivity contribution in [2.45, 2.75) is 26.8 Å². The van der Waals surface area contributed by atoms with Crippen molar-refractivity contribution in [3.05, 3.63) is 100 Å². The molecule has 0 unspecified atom stereocenters. The number of aryl methyl sites for hydroxylation is 2. The summed E-state index contributed by atoms with van der Waals surface area (Å²) in [6.45, 7) is 15.6. The van der Waals surface area contributed by atoms with Crippen LogP contribution in [0.3, 0.4) is 0 Å². The molecule has 2 heterocycles. The monoisotopic (exact) mass is 566 g/mol. The highest BCUT2D eigenvalue weighted by molar-refractivity contribution is 5.67. The van der Waals surface area contributed by atoms with Crippen LogP contribution in [0.2, 0.25) is 0 Å². The second-order valence-electron chi connectivity index (χ2n) is 11.2. The molecule has 0 aliphatic carbocycles. The average Bonchev–Trinajstić information content (AvgIpc) is 3.24. The van der Waals surface area contributed by atoms with Crippen molar-refractivity contribution in [1.82, 2.24) is 9.80 Å². The third kappa shape index (κ3) is 6.10. The fourth-order valence-electron chi connectivity index (χ4n) is 6.09. The zero-order valence-electron chi connectivity index (χ0n) is 24.3. The average molecular weight is 567 g/mol. The molecule has 2 fully saturated rings. The maximum Gasteiger partial charge on any atom is 0.148 e. The fraction of sp³-hybridized carbons (Fsp3) is 0.353. The zero-order chi connectivity index (χ0) is 29.8. The predicted molar refractivity (Wildman–Crippen MR) is 163 cm³/mol. The molecule has 2 saturated heterocycles. The largest absolute Gasteiger partial charge is 0.369 e. The quantitative estimate of drug-likeness (QED) is 0.374. The topological polar surface area (TPSA) is 60.5 Å². The second-order valence-corrected chi connectivity index (χ2v) is 11.2. The number of halogens is 2. The minimum Gasteiger partial charge on any atom is -0.369 e. The Labute approximate surface area is 247 Å². The van der Waals surface area contributed by atoms with Crippen LogP contribution in [0.25, 0.3) is 5.70 Å². The van der Waals surface area contributed by atoms with Gasteiger partial charge < -0.3 is 14.7 Å². The van der Waals surface area contributed by atoms with Crippen molar-refractivity contribution in [2.24, 2.45) is 0 Å². The summed E-state index contributed by atoms with van der Waals surface area (Å²) in [5.41, 5.74) is 7.39. The van der Waals surface area contributed by atoms with Gasteiger partial charge in [-0.05, 0) is 61.2 Å². The van der Waals surface area contributed by atoms with E-state index in [0.717, 1.165) is 73.8 Å². The molecule has 42 heavy (non-hydrogen) atoms. The first-order valence-corrected chi connectivity index (χ1v) is 14.4. The summed E-state index contributed by atoms with van der Waals surface area (Å²) in [6.07, 6.45) is 1.03. The Bertz CT molecular complexity index is 1560. The highest BCUT2D eigenvalue weighted by Gasteiger charge is 2.24. The molecule has 6 nitrogen and oxygen atoms in total. The molecule has 216 valence electrons. The van der Waals surface area contributed by atoms with Crippen molar-refractivity contribution >= 4 is 17.1 Å². The normalized spacial score (nSPS) is 16.1. The van der Waals surface area contributed by atoms with Gasteiger partial charge in [0.1, 0.15) is 23.8 Å². The lowest BCUT2D eigenvalue weighted by molar-refractivity contribution is 0.285. The fourth-order valence-corrected chi connectivity index (χ4v) is 6.09. The summed E-state index contributed by atoms with van der Waals surface area (Å²) in [7, 11) is 0. The lowest BCUT2D eigenvalue weighted by Gasteiger charge is -2.38. The maximum absolute atomic E-state index is 14.6. The van der Waals surface area contributed by atoms with E-state index in [1.165, 1.54) is 16.7 Å². The van der Waals surface area contributed by atoms with Crippen molar-refractivity contribution < 1.29 is 8.78 Å². The van der Waals surface area contributed by atoms with Gasteiger partial charge in [0.2, 0.25) is 0 Å². The molecule has 0 amide bonds. The van der Waals surface area contributed by atoms with Crippen LogP contribution in [-0.2, 0) is 6.54 Å². The third-order valence-electron chi connectivity index (χ3n) is 8.50. The number of piperazine rings is 1. The van der Waals surface area contributed by atoms with Gasteiger partial charge in [-0.3, -0.25) is 4.90 Å². The molecule has 2 aliphatic rings. The predicted octanol–water partition coefficient (Wildman–Crippen LogP) is 5.83. The molecule has 0 spiro atoms. The summed E-state index contributed by atoms with van der Waals surface area (Å²) >= 11 is 0. The number of hydrogen-bond acceptors (Lipinski definition) is 6. The molecule has 0 bridgehead atoms. The van der Waals surface area contributed by atoms with E-state index in [-0.39, 0.29) is 11.3 Å². The Morgan fingerprint density at radius 2 is 1.45 bits per heavy atom. The summed E-state index contributed by atoms with van der Waals surface area (Å²) in [4.78, 5) is 8.86. The van der Waals surface area contributed by atoms with E-state index in [9.17, 15) is 14.0 Å². The SMILES string of the molecule is C=C(c1cc(CN2CCCN(c3ccccc3C#N)CC2)c(C)cc1C)N1CCN(c2cc(F)c(C#N)cc2F)CC1. The number of anilines is 2. The van der Waals surface area contributed by atoms with Gasteiger partial charge in [0.25, 0.3) is 0 Å². The van der Waals surface area contributed by atoms with Crippen LogP contribution >= 0.6 is 0 Å². The van der Waals surface area contributed by atoms with E-state index in [1.807, 2.05) is 29.2 Å². The Morgan fingerprint density at radius 1 is 0.762 bits per heavy atom. The molecule has 0 N–H and O–H groups in total. The molecule has 0 aromatic heterocycles. The first-order valence-electron chi connectivity index (χ1n) is 14.4. The minimum absolute atomic E-state index is 0.192. The van der Waals surface area contributed by atoms with Crippen LogP contribution in [0.15, 0.2) is 55.1 Å². The first kappa shape index (κ1) is 29.1. The Balaban J connectivity index is 1.25. The van der Waals surface area contributed by atoms with Crippen LogP contribution in [-0.4, -0.2) is 62.2 Å². The molecule has 0 atom stereocenters. The molecule has 0 saturated carbocycles. The number of para-hydroxylation sites is 1. The molecular weight excluding hydrogens is 530 g/mol. The highest BCUT2D eigenvalue weighted by Crippen LogP contribution is 2.29. The van der Waals surface area contributed by atoms with Gasteiger partial charge >= 0.3 is 0 Å². The molecule has 5 rings (SSSR count). The molecular formula is C34H36F2N6. The second kappa shape index (κ2) is 12.6. The molecule has 2 aliphatic heterocycles. The first-order chi connectivity index (χ1) is 20.3. The number of hydrogen-bond donors (Lipinski definition) is 0. The van der Waals surface area contributed by atoms with Crippen LogP contribution in [0.5, 0.6) is 0 Å². The molecule has 3 aromatic rings. The van der Waals surface area contributed by atoms with Crippen molar-refractivity contribution in [1.29, 1.82) is 10.5 Å². The number of nitriles is 2. The number of rotatable bonds is 6. The van der Waals surface area contributed by atoms with Crippen LogP contribution in [0, 0.1) is 48.1 Å². The van der Waals surface area contributed by atoms with Crippen molar-refractivity contribution in [3.8, 4) is 12.1 Å². The van der Waals surface area contributed by atoms with E-state index in [1.54, 1.807) is 6.07 Å². The lowest BCUT2D eigenvalue weighted by atomic mass is 9.97. The van der Waals surface area contributed by atoms with Gasteiger partial charge in [-0.2, -0.15) is 10.5 Å². The minimum atomic E-state index is -0.701. The Kier molecular flexibility index (Phi) is 8.75. The zero-order valence-corrected chi connectivity index (χ0v) is 24.3. The highest BCUT2D eigenvalue weighted by atomic mass is 19.1. The van der Waals surface area contributed by atoms with E-state index >= 15 is 0 Å². The van der Waals surface area contributed by atoms with Crippen molar-refractivity contribution in [2.75, 3.05) is 62.2 Å². The van der Waals surface area contributed by atoms with Crippen LogP contribution in [0.4, 0.5) is 20.2 Å². The molecule has 3 aromatic carbocycles. The van der Waals surface area contributed by atoms with Gasteiger partial charge in [-0.15, -0.1) is 0 Å². The summed E-state index contributed by atoms with van der Waals surface area (Å²) in [5.74, 6) is -1.28. The number of nitrogens with zero attached hydrogens (tertiary/aromatic N) is 6. The summed E-state index contributed by atoms with van der Waals surface area (Å²) in [5, 5.41) is 18.5. The van der Waals surface area contributed by atoms with Gasteiger partial charge in [0.05, 0.1) is 22.5 Å². The Hall–Kier alpha value is -4.40. The van der Waals surface area contributed by atoms with E-state index in [4.69, 9.17) is 5.26 Å². The van der Waals surface area contributed by atoms with E-state index < -0.39 is 11.6 Å². The Morgan fingerprint density at radius 3 is 2.19 bits per heavy atom. The lowest BCUT2D eigenvalue weighted by Crippen LogP contribution is -2.45. The maximum atomic E-state index is 14.6. The van der Waals surface area contributed by atoms with E-state index in [2.05, 4.69) is 53.3 Å². The smallest absolute Gasteiger partial charge is 0.148 e. The van der Waals surface area contributed by atoms with Crippen LogP contribution in [0.1, 0.15) is 39.8 Å². The third-order valence-corrected chi connectivity index (χ3v) is 8.50. The van der Waals surface area contributed by atoms with Gasteiger partial charge in [-0.25, -0.2) is 8.78 Å². The standard InChI is InChI=1S/C34H36F2N6/c1-24-17-25(2)30(26(3)40-13-15-42(16-14-40)34-20-31(35)28(22-38)19-32(34)36)18-29(24)23-39-9-6-10-41(12-11-39)33-8-5-4-7-27(33)21-37/h4-5,7-8,17-20H,3,6,9-16,23H2,1-2H3.